The predicted molar refractivity (Wildman–Crippen MR) is 82.5 cm³/mol. The SMILES string of the molecule is Cc1ccc(C(F)(F)F)cc1NC(CC(C)C)CC(C)C. The molecule has 0 unspecified atom stereocenters. The summed E-state index contributed by atoms with van der Waals surface area (Å²) in [7, 11) is 0. The maximum Gasteiger partial charge on any atom is 0.416 e. The molecule has 0 saturated carbocycles. The lowest BCUT2D eigenvalue weighted by Gasteiger charge is -2.25. The van der Waals surface area contributed by atoms with Crippen molar-refractivity contribution in [3.63, 3.8) is 0 Å². The molecule has 1 nitrogen and oxygen atoms in total. The van der Waals surface area contributed by atoms with Gasteiger partial charge in [-0.25, -0.2) is 0 Å². The first-order chi connectivity index (χ1) is 9.59. The fourth-order valence-electron chi connectivity index (χ4n) is 2.53. The molecule has 0 fully saturated rings. The van der Waals surface area contributed by atoms with Crippen molar-refractivity contribution >= 4 is 5.69 Å². The quantitative estimate of drug-likeness (QED) is 0.691. The van der Waals surface area contributed by atoms with Gasteiger partial charge in [-0.1, -0.05) is 33.8 Å². The lowest BCUT2D eigenvalue weighted by atomic mass is 9.95. The van der Waals surface area contributed by atoms with Gasteiger partial charge in [0.05, 0.1) is 5.56 Å². The van der Waals surface area contributed by atoms with Crippen LogP contribution in [0.1, 0.15) is 51.7 Å². The molecule has 0 aliphatic rings. The number of hydrogen-bond donors (Lipinski definition) is 1. The summed E-state index contributed by atoms with van der Waals surface area (Å²) >= 11 is 0. The summed E-state index contributed by atoms with van der Waals surface area (Å²) in [6, 6.07) is 4.10. The van der Waals surface area contributed by atoms with E-state index in [1.165, 1.54) is 12.1 Å². The van der Waals surface area contributed by atoms with Crippen LogP contribution in [0.25, 0.3) is 0 Å². The highest BCUT2D eigenvalue weighted by Gasteiger charge is 2.31. The first-order valence-corrected chi connectivity index (χ1v) is 7.54. The summed E-state index contributed by atoms with van der Waals surface area (Å²) in [4.78, 5) is 0. The summed E-state index contributed by atoms with van der Waals surface area (Å²) in [5.74, 6) is 1.01. The molecule has 0 radical (unpaired) electrons. The summed E-state index contributed by atoms with van der Waals surface area (Å²) in [5, 5.41) is 3.32. The maximum atomic E-state index is 12.8. The Labute approximate surface area is 125 Å². The van der Waals surface area contributed by atoms with E-state index >= 15 is 0 Å². The van der Waals surface area contributed by atoms with Crippen LogP contribution in [0.4, 0.5) is 18.9 Å². The van der Waals surface area contributed by atoms with E-state index < -0.39 is 11.7 Å². The van der Waals surface area contributed by atoms with Gasteiger partial charge in [-0.15, -0.1) is 0 Å². The van der Waals surface area contributed by atoms with Gasteiger partial charge in [-0.3, -0.25) is 0 Å². The second kappa shape index (κ2) is 7.19. The van der Waals surface area contributed by atoms with E-state index in [-0.39, 0.29) is 6.04 Å². The third kappa shape index (κ3) is 5.98. The standard InChI is InChI=1S/C17H26F3N/c1-11(2)8-15(9-12(3)4)21-16-10-14(17(18,19)20)7-6-13(16)5/h6-7,10-12,15,21H,8-9H2,1-5H3. The molecule has 0 saturated heterocycles. The molecule has 0 spiro atoms. The topological polar surface area (TPSA) is 12.0 Å². The number of nitrogens with one attached hydrogen (secondary N) is 1. The van der Waals surface area contributed by atoms with Crippen LogP contribution >= 0.6 is 0 Å². The van der Waals surface area contributed by atoms with Gasteiger partial charge in [0, 0.05) is 11.7 Å². The van der Waals surface area contributed by atoms with Gasteiger partial charge in [-0.05, 0) is 49.3 Å². The summed E-state index contributed by atoms with van der Waals surface area (Å²) in [6.07, 6.45) is -2.39. The highest BCUT2D eigenvalue weighted by atomic mass is 19.4. The molecule has 0 heterocycles. The monoisotopic (exact) mass is 301 g/mol. The third-order valence-electron chi connectivity index (χ3n) is 3.44. The molecule has 0 aliphatic carbocycles. The van der Waals surface area contributed by atoms with Crippen LogP contribution in [0.15, 0.2) is 18.2 Å². The van der Waals surface area contributed by atoms with Crippen LogP contribution in [-0.2, 0) is 6.18 Å². The van der Waals surface area contributed by atoms with Crippen LogP contribution in [0.5, 0.6) is 0 Å². The number of benzene rings is 1. The van der Waals surface area contributed by atoms with Crippen LogP contribution in [0.3, 0.4) is 0 Å². The lowest BCUT2D eigenvalue weighted by molar-refractivity contribution is -0.137. The number of alkyl halides is 3. The number of rotatable bonds is 6. The highest BCUT2D eigenvalue weighted by molar-refractivity contribution is 5.53. The zero-order chi connectivity index (χ0) is 16.2. The minimum Gasteiger partial charge on any atom is -0.382 e. The van der Waals surface area contributed by atoms with Crippen LogP contribution in [-0.4, -0.2) is 6.04 Å². The molecule has 1 aromatic carbocycles. The molecule has 0 amide bonds. The van der Waals surface area contributed by atoms with Gasteiger partial charge in [-0.2, -0.15) is 13.2 Å². The summed E-state index contributed by atoms with van der Waals surface area (Å²) in [6.45, 7) is 10.4. The Balaban J connectivity index is 2.96. The average Bonchev–Trinajstić information content (AvgIpc) is 2.28. The van der Waals surface area contributed by atoms with Crippen LogP contribution in [0, 0.1) is 18.8 Å². The third-order valence-corrected chi connectivity index (χ3v) is 3.44. The fraction of sp³-hybridized carbons (Fsp3) is 0.647. The van der Waals surface area contributed by atoms with Crippen molar-refractivity contribution < 1.29 is 13.2 Å². The van der Waals surface area contributed by atoms with Crippen molar-refractivity contribution in [3.05, 3.63) is 29.3 Å². The summed E-state index contributed by atoms with van der Waals surface area (Å²) in [5.41, 5.74) is 0.847. The van der Waals surface area contributed by atoms with Gasteiger partial charge in [0.1, 0.15) is 0 Å². The Morgan fingerprint density at radius 1 is 1.00 bits per heavy atom. The van der Waals surface area contributed by atoms with Gasteiger partial charge in [0.15, 0.2) is 0 Å². The van der Waals surface area contributed by atoms with Gasteiger partial charge in [0.25, 0.3) is 0 Å². The van der Waals surface area contributed by atoms with E-state index in [0.717, 1.165) is 24.5 Å². The highest BCUT2D eigenvalue weighted by Crippen LogP contribution is 2.32. The zero-order valence-corrected chi connectivity index (χ0v) is 13.5. The van der Waals surface area contributed by atoms with E-state index in [2.05, 4.69) is 33.0 Å². The molecule has 0 aliphatic heterocycles. The predicted octanol–water partition coefficient (Wildman–Crippen LogP) is 5.89. The molecular weight excluding hydrogens is 275 g/mol. The first kappa shape index (κ1) is 17.9. The van der Waals surface area contributed by atoms with Crippen molar-refractivity contribution in [1.82, 2.24) is 0 Å². The van der Waals surface area contributed by atoms with E-state index in [0.29, 0.717) is 17.5 Å². The van der Waals surface area contributed by atoms with Crippen LogP contribution < -0.4 is 5.32 Å². The van der Waals surface area contributed by atoms with Gasteiger partial charge < -0.3 is 5.32 Å². The normalized spacial score (nSPS) is 12.5. The number of anilines is 1. The van der Waals surface area contributed by atoms with Crippen molar-refractivity contribution in [1.29, 1.82) is 0 Å². The number of hydrogen-bond acceptors (Lipinski definition) is 1. The molecule has 1 rings (SSSR count). The molecule has 1 aromatic rings. The smallest absolute Gasteiger partial charge is 0.382 e. The Hall–Kier alpha value is -1.19. The Kier molecular flexibility index (Phi) is 6.11. The second-order valence-electron chi connectivity index (χ2n) is 6.63. The summed E-state index contributed by atoms with van der Waals surface area (Å²) < 4.78 is 38.5. The fourth-order valence-corrected chi connectivity index (χ4v) is 2.53. The van der Waals surface area contributed by atoms with Crippen molar-refractivity contribution in [3.8, 4) is 0 Å². The van der Waals surface area contributed by atoms with Crippen molar-refractivity contribution in [2.45, 2.75) is 59.7 Å². The Morgan fingerprint density at radius 2 is 1.52 bits per heavy atom. The molecule has 0 aromatic heterocycles. The van der Waals surface area contributed by atoms with Crippen molar-refractivity contribution in [2.75, 3.05) is 5.32 Å². The van der Waals surface area contributed by atoms with Gasteiger partial charge in [0.2, 0.25) is 0 Å². The van der Waals surface area contributed by atoms with E-state index in [1.54, 1.807) is 0 Å². The van der Waals surface area contributed by atoms with Crippen molar-refractivity contribution in [2.24, 2.45) is 11.8 Å². The molecule has 21 heavy (non-hydrogen) atoms. The van der Waals surface area contributed by atoms with Crippen LogP contribution in [0.2, 0.25) is 0 Å². The molecule has 0 bridgehead atoms. The Morgan fingerprint density at radius 3 is 1.95 bits per heavy atom. The average molecular weight is 301 g/mol. The maximum absolute atomic E-state index is 12.8. The molecular formula is C17H26F3N. The molecule has 120 valence electrons. The van der Waals surface area contributed by atoms with E-state index in [1.807, 2.05) is 6.92 Å². The first-order valence-electron chi connectivity index (χ1n) is 7.54. The number of aryl methyl sites for hydroxylation is 1. The lowest BCUT2D eigenvalue weighted by Crippen LogP contribution is -2.24. The van der Waals surface area contributed by atoms with Gasteiger partial charge >= 0.3 is 6.18 Å². The minimum atomic E-state index is -4.30. The minimum absolute atomic E-state index is 0.201. The van der Waals surface area contributed by atoms with E-state index in [4.69, 9.17) is 0 Å². The molecule has 1 N–H and O–H groups in total. The van der Waals surface area contributed by atoms with E-state index in [9.17, 15) is 13.2 Å². The molecule has 4 heteroatoms. The zero-order valence-electron chi connectivity index (χ0n) is 13.5. The largest absolute Gasteiger partial charge is 0.416 e. The Bertz CT molecular complexity index is 440. The molecule has 0 atom stereocenters. The second-order valence-corrected chi connectivity index (χ2v) is 6.63. The number of halogens is 3.